The molecule has 3 heterocycles. The lowest BCUT2D eigenvalue weighted by Gasteiger charge is -2.36. The van der Waals surface area contributed by atoms with E-state index < -0.39 is 0 Å². The van der Waals surface area contributed by atoms with E-state index in [2.05, 4.69) is 51.4 Å². The number of hydrogen-bond donors (Lipinski definition) is 1. The van der Waals surface area contributed by atoms with E-state index in [4.69, 9.17) is 11.6 Å². The van der Waals surface area contributed by atoms with Crippen molar-refractivity contribution in [1.82, 2.24) is 14.9 Å². The number of benzene rings is 1. The molecule has 150 valence electrons. The molecule has 2 aromatic heterocycles. The van der Waals surface area contributed by atoms with E-state index in [-0.39, 0.29) is 5.91 Å². The molecule has 8 heteroatoms. The van der Waals surface area contributed by atoms with Crippen molar-refractivity contribution in [2.45, 2.75) is 13.8 Å². The summed E-state index contributed by atoms with van der Waals surface area (Å²) in [6.07, 6.45) is 1.57. The molecule has 0 spiro atoms. The first-order valence-electron chi connectivity index (χ1n) is 9.46. The van der Waals surface area contributed by atoms with Crippen LogP contribution in [-0.4, -0.2) is 47.0 Å². The molecule has 6 nitrogen and oxygen atoms in total. The van der Waals surface area contributed by atoms with Crippen LogP contribution in [0.15, 0.2) is 42.6 Å². The zero-order valence-corrected chi connectivity index (χ0v) is 17.9. The van der Waals surface area contributed by atoms with Gasteiger partial charge in [-0.05, 0) is 43.7 Å². The minimum Gasteiger partial charge on any atom is -0.368 e. The first-order chi connectivity index (χ1) is 14.0. The number of nitrogens with one attached hydrogen (secondary N) is 1. The SMILES string of the molecule is Cc1cccc(N2CCN(C(=O)c3sc(Nc4ccc(Cl)cn4)nc3C)CC2)c1. The van der Waals surface area contributed by atoms with Gasteiger partial charge < -0.3 is 15.1 Å². The summed E-state index contributed by atoms with van der Waals surface area (Å²) in [4.78, 5) is 26.7. The molecule has 0 saturated carbocycles. The van der Waals surface area contributed by atoms with E-state index in [9.17, 15) is 4.79 Å². The third-order valence-corrected chi connectivity index (χ3v) is 6.17. The Morgan fingerprint density at radius 1 is 1.14 bits per heavy atom. The summed E-state index contributed by atoms with van der Waals surface area (Å²) in [6, 6.07) is 12.0. The van der Waals surface area contributed by atoms with Crippen molar-refractivity contribution in [1.29, 1.82) is 0 Å². The molecule has 0 radical (unpaired) electrons. The quantitative estimate of drug-likeness (QED) is 0.663. The smallest absolute Gasteiger partial charge is 0.266 e. The molecule has 1 amide bonds. The summed E-state index contributed by atoms with van der Waals surface area (Å²) in [6.45, 7) is 7.02. The van der Waals surface area contributed by atoms with Gasteiger partial charge in [0, 0.05) is 38.1 Å². The average Bonchev–Trinajstić information content (AvgIpc) is 3.09. The lowest BCUT2D eigenvalue weighted by Crippen LogP contribution is -2.48. The van der Waals surface area contributed by atoms with Crippen LogP contribution >= 0.6 is 22.9 Å². The summed E-state index contributed by atoms with van der Waals surface area (Å²) < 4.78 is 0. The summed E-state index contributed by atoms with van der Waals surface area (Å²) in [5, 5.41) is 4.37. The summed E-state index contributed by atoms with van der Waals surface area (Å²) in [5.41, 5.74) is 3.20. The molecule has 0 unspecified atom stereocenters. The summed E-state index contributed by atoms with van der Waals surface area (Å²) in [5.74, 6) is 0.690. The predicted molar refractivity (Wildman–Crippen MR) is 119 cm³/mol. The van der Waals surface area contributed by atoms with Gasteiger partial charge in [-0.25, -0.2) is 9.97 Å². The van der Waals surface area contributed by atoms with E-state index in [0.29, 0.717) is 33.9 Å². The molecule has 1 aliphatic rings. The van der Waals surface area contributed by atoms with Crippen LogP contribution in [-0.2, 0) is 0 Å². The maximum atomic E-state index is 13.0. The van der Waals surface area contributed by atoms with E-state index in [1.54, 1.807) is 18.3 Å². The number of carbonyl (C=O) groups excluding carboxylic acids is 1. The van der Waals surface area contributed by atoms with E-state index in [1.807, 2.05) is 11.8 Å². The molecule has 1 aliphatic heterocycles. The van der Waals surface area contributed by atoms with Crippen molar-refractivity contribution < 1.29 is 4.79 Å². The van der Waals surface area contributed by atoms with E-state index in [0.717, 1.165) is 18.8 Å². The number of nitrogens with zero attached hydrogens (tertiary/aromatic N) is 4. The van der Waals surface area contributed by atoms with Gasteiger partial charge >= 0.3 is 0 Å². The lowest BCUT2D eigenvalue weighted by atomic mass is 10.2. The van der Waals surface area contributed by atoms with Crippen molar-refractivity contribution in [3.63, 3.8) is 0 Å². The molecule has 0 atom stereocenters. The Bertz CT molecular complexity index is 1010. The number of carbonyl (C=O) groups is 1. The highest BCUT2D eigenvalue weighted by Gasteiger charge is 2.25. The van der Waals surface area contributed by atoms with Gasteiger partial charge in [-0.1, -0.05) is 35.1 Å². The Kier molecular flexibility index (Phi) is 5.69. The molecular weight excluding hydrogens is 406 g/mol. The second-order valence-electron chi connectivity index (χ2n) is 7.04. The van der Waals surface area contributed by atoms with E-state index in [1.165, 1.54) is 22.6 Å². The number of rotatable bonds is 4. The number of thiazole rings is 1. The van der Waals surface area contributed by atoms with Crippen LogP contribution in [0.1, 0.15) is 20.9 Å². The maximum Gasteiger partial charge on any atom is 0.266 e. The molecule has 1 N–H and O–H groups in total. The van der Waals surface area contributed by atoms with E-state index >= 15 is 0 Å². The van der Waals surface area contributed by atoms with Gasteiger partial charge in [0.1, 0.15) is 10.7 Å². The molecule has 1 aromatic carbocycles. The number of pyridine rings is 1. The molecule has 1 saturated heterocycles. The monoisotopic (exact) mass is 427 g/mol. The molecular formula is C21H22ClN5OS. The molecule has 0 bridgehead atoms. The minimum atomic E-state index is 0.0426. The van der Waals surface area contributed by atoms with Gasteiger partial charge in [0.2, 0.25) is 0 Å². The summed E-state index contributed by atoms with van der Waals surface area (Å²) in [7, 11) is 0. The second kappa shape index (κ2) is 8.39. The van der Waals surface area contributed by atoms with Crippen LogP contribution in [0.5, 0.6) is 0 Å². The first-order valence-corrected chi connectivity index (χ1v) is 10.7. The fourth-order valence-corrected chi connectivity index (χ4v) is 4.40. The van der Waals surface area contributed by atoms with Crippen molar-refractivity contribution in [2.24, 2.45) is 0 Å². The fraction of sp³-hybridized carbons (Fsp3) is 0.286. The fourth-order valence-electron chi connectivity index (χ4n) is 3.34. The molecule has 29 heavy (non-hydrogen) atoms. The zero-order chi connectivity index (χ0) is 20.4. The second-order valence-corrected chi connectivity index (χ2v) is 8.47. The lowest BCUT2D eigenvalue weighted by molar-refractivity contribution is 0.0750. The van der Waals surface area contributed by atoms with Crippen molar-refractivity contribution >= 4 is 45.5 Å². The Balaban J connectivity index is 1.41. The Morgan fingerprint density at radius 2 is 1.93 bits per heavy atom. The molecule has 1 fully saturated rings. The minimum absolute atomic E-state index is 0.0426. The molecule has 0 aliphatic carbocycles. The number of hydrogen-bond acceptors (Lipinski definition) is 6. The highest BCUT2D eigenvalue weighted by Crippen LogP contribution is 2.27. The number of aromatic nitrogens is 2. The van der Waals surface area contributed by atoms with Gasteiger partial charge in [-0.15, -0.1) is 0 Å². The van der Waals surface area contributed by atoms with Crippen LogP contribution in [0.3, 0.4) is 0 Å². The van der Waals surface area contributed by atoms with Gasteiger partial charge in [-0.2, -0.15) is 0 Å². The Morgan fingerprint density at radius 3 is 2.62 bits per heavy atom. The zero-order valence-electron chi connectivity index (χ0n) is 16.4. The van der Waals surface area contributed by atoms with Crippen molar-refractivity contribution in [3.05, 3.63) is 63.8 Å². The predicted octanol–water partition coefficient (Wildman–Crippen LogP) is 4.51. The van der Waals surface area contributed by atoms with Crippen molar-refractivity contribution in [3.8, 4) is 0 Å². The highest BCUT2D eigenvalue weighted by atomic mass is 35.5. The number of halogens is 1. The average molecular weight is 428 g/mol. The highest BCUT2D eigenvalue weighted by molar-refractivity contribution is 7.17. The van der Waals surface area contributed by atoms with Crippen molar-refractivity contribution in [2.75, 3.05) is 36.4 Å². The maximum absolute atomic E-state index is 13.0. The summed E-state index contributed by atoms with van der Waals surface area (Å²) >= 11 is 7.23. The molecule has 4 rings (SSSR count). The van der Waals surface area contributed by atoms with Crippen LogP contribution in [0.4, 0.5) is 16.6 Å². The van der Waals surface area contributed by atoms with Crippen LogP contribution in [0, 0.1) is 13.8 Å². The number of piperazine rings is 1. The third-order valence-electron chi connectivity index (χ3n) is 4.89. The third kappa shape index (κ3) is 4.52. The first kappa shape index (κ1) is 19.7. The van der Waals surface area contributed by atoms with Crippen LogP contribution in [0.25, 0.3) is 0 Å². The normalized spacial score (nSPS) is 14.2. The van der Waals surface area contributed by atoms with Gasteiger partial charge in [-0.3, -0.25) is 4.79 Å². The Labute approximate surface area is 179 Å². The van der Waals surface area contributed by atoms with Crippen LogP contribution in [0.2, 0.25) is 5.02 Å². The number of aryl methyl sites for hydroxylation is 2. The number of anilines is 3. The standard InChI is InChI=1S/C21H22ClN5OS/c1-14-4-3-5-17(12-14)26-8-10-27(11-9-26)20(28)19-15(2)24-21(29-19)25-18-7-6-16(22)13-23-18/h3-7,12-13H,8-11H2,1-2H3,(H,23,24,25). The Hall–Kier alpha value is -2.64. The largest absolute Gasteiger partial charge is 0.368 e. The van der Waals surface area contributed by atoms with Gasteiger partial charge in [0.25, 0.3) is 5.91 Å². The topological polar surface area (TPSA) is 61.4 Å². The van der Waals surface area contributed by atoms with Gasteiger partial charge in [0.15, 0.2) is 5.13 Å². The van der Waals surface area contributed by atoms with Crippen LogP contribution < -0.4 is 10.2 Å². The number of amides is 1. The van der Waals surface area contributed by atoms with Gasteiger partial charge in [0.05, 0.1) is 10.7 Å². The molecule has 3 aromatic rings.